The highest BCUT2D eigenvalue weighted by Gasteiger charge is 2.32. The number of aliphatic carboxylic acids is 1. The first kappa shape index (κ1) is 29.7. The standard InChI is InChI=1S/C30H35N3O6S/c34-19-21-11-13-22(14-12-21)26-18-25(20-40-30-31-15-6-16-32-30)38-29(39-26)23-7-5-8-24(17-23)33-27(35)9-3-1-2-4-10-28(36)37/h5-8,11-17,25-26,29,34H,1-4,9-10,18-20H2,(H,33,35)(H,36,37)/t25-,26+,29+/m1/s1. The molecule has 3 aromatic rings. The summed E-state index contributed by atoms with van der Waals surface area (Å²) in [6, 6.07) is 17.0. The van der Waals surface area contributed by atoms with Crippen LogP contribution in [0.15, 0.2) is 72.1 Å². The number of carboxylic acid groups (broad SMARTS) is 1. The van der Waals surface area contributed by atoms with E-state index in [0.29, 0.717) is 42.3 Å². The molecule has 0 radical (unpaired) electrons. The molecule has 0 spiro atoms. The number of unbranched alkanes of at least 4 members (excludes halogenated alkanes) is 3. The van der Waals surface area contributed by atoms with E-state index in [1.54, 1.807) is 18.5 Å². The number of aromatic nitrogens is 2. The monoisotopic (exact) mass is 565 g/mol. The van der Waals surface area contributed by atoms with Crippen LogP contribution < -0.4 is 5.32 Å². The summed E-state index contributed by atoms with van der Waals surface area (Å²) in [7, 11) is 0. The van der Waals surface area contributed by atoms with Crippen molar-refractivity contribution in [2.75, 3.05) is 11.1 Å². The predicted octanol–water partition coefficient (Wildman–Crippen LogP) is 5.67. The minimum Gasteiger partial charge on any atom is -0.481 e. The van der Waals surface area contributed by atoms with Gasteiger partial charge in [0.15, 0.2) is 11.4 Å². The number of aliphatic hydroxyl groups excluding tert-OH is 1. The maximum atomic E-state index is 12.5. The molecule has 1 saturated heterocycles. The van der Waals surface area contributed by atoms with Crippen molar-refractivity contribution in [2.24, 2.45) is 0 Å². The molecule has 2 aromatic carbocycles. The first-order chi connectivity index (χ1) is 19.5. The normalized spacial score (nSPS) is 18.8. The minimum absolute atomic E-state index is 0.0168. The Bertz CT molecular complexity index is 1230. The number of amides is 1. The Labute approximate surface area is 238 Å². The Morgan fingerprint density at radius 2 is 1.68 bits per heavy atom. The second-order valence-corrected chi connectivity index (χ2v) is 10.7. The molecular weight excluding hydrogens is 530 g/mol. The number of benzene rings is 2. The fourth-order valence-corrected chi connectivity index (χ4v) is 5.27. The van der Waals surface area contributed by atoms with Crippen LogP contribution in [0.3, 0.4) is 0 Å². The van der Waals surface area contributed by atoms with Gasteiger partial charge < -0.3 is 25.0 Å². The highest BCUT2D eigenvalue weighted by molar-refractivity contribution is 7.99. The topological polar surface area (TPSA) is 131 Å². The number of rotatable bonds is 14. The van der Waals surface area contributed by atoms with Gasteiger partial charge in [0.1, 0.15) is 0 Å². The molecule has 212 valence electrons. The molecule has 1 aliphatic heterocycles. The van der Waals surface area contributed by atoms with E-state index in [9.17, 15) is 14.7 Å². The van der Waals surface area contributed by atoms with E-state index in [-0.39, 0.29) is 31.1 Å². The summed E-state index contributed by atoms with van der Waals surface area (Å²) in [4.78, 5) is 31.7. The van der Waals surface area contributed by atoms with Crippen molar-refractivity contribution < 1.29 is 29.3 Å². The molecule has 1 fully saturated rings. The van der Waals surface area contributed by atoms with Crippen molar-refractivity contribution in [3.8, 4) is 0 Å². The number of aliphatic hydroxyl groups is 1. The van der Waals surface area contributed by atoms with Gasteiger partial charge in [0.25, 0.3) is 0 Å². The van der Waals surface area contributed by atoms with Gasteiger partial charge in [-0.2, -0.15) is 0 Å². The number of thioether (sulfide) groups is 1. The zero-order valence-electron chi connectivity index (χ0n) is 22.3. The molecule has 3 N–H and O–H groups in total. The molecule has 0 aliphatic carbocycles. The zero-order valence-corrected chi connectivity index (χ0v) is 23.1. The fourth-order valence-electron chi connectivity index (χ4n) is 4.45. The van der Waals surface area contributed by atoms with E-state index >= 15 is 0 Å². The smallest absolute Gasteiger partial charge is 0.303 e. The molecule has 40 heavy (non-hydrogen) atoms. The number of ether oxygens (including phenoxy) is 2. The lowest BCUT2D eigenvalue weighted by Crippen LogP contribution is -2.31. The van der Waals surface area contributed by atoms with E-state index in [1.165, 1.54) is 11.8 Å². The first-order valence-corrected chi connectivity index (χ1v) is 14.5. The van der Waals surface area contributed by atoms with Crippen molar-refractivity contribution in [3.63, 3.8) is 0 Å². The largest absolute Gasteiger partial charge is 0.481 e. The maximum Gasteiger partial charge on any atom is 0.303 e. The summed E-state index contributed by atoms with van der Waals surface area (Å²) in [6.45, 7) is -0.0168. The van der Waals surface area contributed by atoms with Crippen molar-refractivity contribution in [2.45, 2.75) is 75.2 Å². The van der Waals surface area contributed by atoms with Gasteiger partial charge in [0.05, 0.1) is 18.8 Å². The number of carbonyl (C=O) groups excluding carboxylic acids is 1. The summed E-state index contributed by atoms with van der Waals surface area (Å²) < 4.78 is 12.8. The van der Waals surface area contributed by atoms with Gasteiger partial charge >= 0.3 is 5.97 Å². The average Bonchev–Trinajstić information content (AvgIpc) is 2.98. The van der Waals surface area contributed by atoms with Crippen molar-refractivity contribution in [3.05, 3.63) is 83.7 Å². The second-order valence-electron chi connectivity index (χ2n) is 9.67. The van der Waals surface area contributed by atoms with Gasteiger partial charge in [-0.05, 0) is 42.2 Å². The second kappa shape index (κ2) is 15.5. The van der Waals surface area contributed by atoms with Crippen LogP contribution in [0.4, 0.5) is 5.69 Å². The van der Waals surface area contributed by atoms with Crippen LogP contribution in [-0.2, 0) is 25.7 Å². The molecule has 9 nitrogen and oxygen atoms in total. The van der Waals surface area contributed by atoms with Gasteiger partial charge in [0.2, 0.25) is 5.91 Å². The van der Waals surface area contributed by atoms with Crippen LogP contribution >= 0.6 is 11.8 Å². The molecule has 1 aliphatic rings. The Morgan fingerprint density at radius 3 is 2.40 bits per heavy atom. The number of hydrogen-bond donors (Lipinski definition) is 3. The highest BCUT2D eigenvalue weighted by atomic mass is 32.2. The van der Waals surface area contributed by atoms with E-state index in [1.807, 2.05) is 48.5 Å². The van der Waals surface area contributed by atoms with Crippen LogP contribution in [0.1, 0.15) is 74.0 Å². The quantitative estimate of drug-likeness (QED) is 0.129. The summed E-state index contributed by atoms with van der Waals surface area (Å²) >= 11 is 1.53. The Morgan fingerprint density at radius 1 is 0.925 bits per heavy atom. The van der Waals surface area contributed by atoms with Gasteiger partial charge in [-0.3, -0.25) is 9.59 Å². The van der Waals surface area contributed by atoms with Crippen LogP contribution in [-0.4, -0.2) is 43.9 Å². The van der Waals surface area contributed by atoms with E-state index in [2.05, 4.69) is 15.3 Å². The van der Waals surface area contributed by atoms with Gasteiger partial charge in [0, 0.05) is 48.7 Å². The lowest BCUT2D eigenvalue weighted by atomic mass is 10.0. The summed E-state index contributed by atoms with van der Waals surface area (Å²) in [5.74, 6) is -0.220. The van der Waals surface area contributed by atoms with Crippen LogP contribution in [0.2, 0.25) is 0 Å². The van der Waals surface area contributed by atoms with Gasteiger partial charge in [-0.1, -0.05) is 61.0 Å². The molecule has 10 heteroatoms. The number of nitrogens with zero attached hydrogens (tertiary/aromatic N) is 2. The molecule has 1 amide bonds. The Kier molecular flexibility index (Phi) is 11.5. The van der Waals surface area contributed by atoms with Crippen LogP contribution in [0, 0.1) is 0 Å². The predicted molar refractivity (Wildman–Crippen MR) is 152 cm³/mol. The maximum absolute atomic E-state index is 12.5. The lowest BCUT2D eigenvalue weighted by Gasteiger charge is -2.36. The number of carbonyl (C=O) groups is 2. The number of hydrogen-bond acceptors (Lipinski definition) is 8. The third-order valence-corrected chi connectivity index (χ3v) is 7.55. The van der Waals surface area contributed by atoms with E-state index in [4.69, 9.17) is 14.6 Å². The minimum atomic E-state index is -0.787. The molecule has 2 heterocycles. The fraction of sp³-hybridized carbons (Fsp3) is 0.400. The van der Waals surface area contributed by atoms with Crippen LogP contribution in [0.5, 0.6) is 0 Å². The number of nitrogens with one attached hydrogen (secondary N) is 1. The summed E-state index contributed by atoms with van der Waals surface area (Å²) in [5.41, 5.74) is 3.31. The lowest BCUT2D eigenvalue weighted by molar-refractivity contribution is -0.245. The van der Waals surface area contributed by atoms with Gasteiger partial charge in [-0.25, -0.2) is 9.97 Å². The summed E-state index contributed by atoms with van der Waals surface area (Å²) in [6.07, 6.45) is 6.60. The van der Waals surface area contributed by atoms with Crippen molar-refractivity contribution >= 4 is 29.3 Å². The highest BCUT2D eigenvalue weighted by Crippen LogP contribution is 2.39. The number of anilines is 1. The summed E-state index contributed by atoms with van der Waals surface area (Å²) in [5, 5.41) is 21.8. The molecule has 0 saturated carbocycles. The SMILES string of the molecule is O=C(O)CCCCCCC(=O)Nc1cccc([C@H]2O[C@@H](CSc3ncccn3)C[C@@H](c3ccc(CO)cc3)O2)c1. The zero-order chi connectivity index (χ0) is 28.2. The first-order valence-electron chi connectivity index (χ1n) is 13.5. The molecule has 1 aromatic heterocycles. The molecule has 4 rings (SSSR count). The molecular formula is C30H35N3O6S. The van der Waals surface area contributed by atoms with E-state index in [0.717, 1.165) is 29.5 Å². The molecule has 3 atom stereocenters. The number of carboxylic acids is 1. The third-order valence-electron chi connectivity index (χ3n) is 6.54. The van der Waals surface area contributed by atoms with Crippen molar-refractivity contribution in [1.29, 1.82) is 0 Å². The Balaban J connectivity index is 1.39. The molecule has 0 bridgehead atoms. The van der Waals surface area contributed by atoms with Crippen molar-refractivity contribution in [1.82, 2.24) is 9.97 Å². The average molecular weight is 566 g/mol. The third kappa shape index (κ3) is 9.41. The Hall–Kier alpha value is -3.31. The molecule has 0 unspecified atom stereocenters. The van der Waals surface area contributed by atoms with E-state index < -0.39 is 12.3 Å². The van der Waals surface area contributed by atoms with Gasteiger partial charge in [-0.15, -0.1) is 0 Å². The van der Waals surface area contributed by atoms with Crippen LogP contribution in [0.25, 0.3) is 0 Å².